The van der Waals surface area contributed by atoms with E-state index in [4.69, 9.17) is 4.74 Å². The van der Waals surface area contributed by atoms with Crippen LogP contribution < -0.4 is 4.74 Å². The summed E-state index contributed by atoms with van der Waals surface area (Å²) in [6.45, 7) is 6.46. The molecule has 98 valence electrons. The van der Waals surface area contributed by atoms with Gasteiger partial charge in [-0.15, -0.1) is 0 Å². The zero-order chi connectivity index (χ0) is 13.1. The number of methoxy groups -OCH3 is 1. The molecule has 1 aromatic heterocycles. The third-order valence-electron chi connectivity index (χ3n) is 3.61. The molecule has 0 amide bonds. The van der Waals surface area contributed by atoms with Crippen LogP contribution in [0, 0.1) is 6.92 Å². The second-order valence-corrected chi connectivity index (χ2v) is 4.79. The van der Waals surface area contributed by atoms with Crippen LogP contribution in [0.3, 0.4) is 0 Å². The van der Waals surface area contributed by atoms with E-state index in [1.54, 1.807) is 7.11 Å². The standard InChI is InChI=1S/C15H22N2O/c1-5-17(3)9-8-12-10-16-15-11(2)6-7-13(18-4)14(12)15/h6-7,10,16H,5,8-9H2,1-4H3. The molecule has 18 heavy (non-hydrogen) atoms. The largest absolute Gasteiger partial charge is 0.496 e. The second kappa shape index (κ2) is 5.44. The van der Waals surface area contributed by atoms with Gasteiger partial charge in [0, 0.05) is 18.1 Å². The van der Waals surface area contributed by atoms with Crippen LogP contribution >= 0.6 is 0 Å². The quantitative estimate of drug-likeness (QED) is 0.878. The molecule has 0 saturated carbocycles. The highest BCUT2D eigenvalue weighted by Gasteiger charge is 2.11. The molecular weight excluding hydrogens is 224 g/mol. The third kappa shape index (κ3) is 2.36. The number of nitrogens with one attached hydrogen (secondary N) is 1. The molecule has 2 rings (SSSR count). The minimum atomic E-state index is 0.964. The molecule has 0 bridgehead atoms. The lowest BCUT2D eigenvalue weighted by Crippen LogP contribution is -2.20. The van der Waals surface area contributed by atoms with Crippen molar-refractivity contribution in [3.8, 4) is 5.75 Å². The van der Waals surface area contributed by atoms with E-state index in [-0.39, 0.29) is 0 Å². The van der Waals surface area contributed by atoms with Crippen LogP contribution in [0.15, 0.2) is 18.3 Å². The molecule has 0 aliphatic rings. The van der Waals surface area contributed by atoms with Crippen molar-refractivity contribution >= 4 is 10.9 Å². The fourth-order valence-electron chi connectivity index (χ4n) is 2.26. The number of ether oxygens (including phenoxy) is 1. The van der Waals surface area contributed by atoms with Gasteiger partial charge in [-0.3, -0.25) is 0 Å². The van der Waals surface area contributed by atoms with Gasteiger partial charge in [-0.2, -0.15) is 0 Å². The molecule has 1 N–H and O–H groups in total. The normalized spacial score (nSPS) is 11.4. The van der Waals surface area contributed by atoms with Crippen molar-refractivity contribution in [1.82, 2.24) is 9.88 Å². The van der Waals surface area contributed by atoms with Gasteiger partial charge >= 0.3 is 0 Å². The highest BCUT2D eigenvalue weighted by molar-refractivity contribution is 5.91. The number of benzene rings is 1. The van der Waals surface area contributed by atoms with E-state index in [0.29, 0.717) is 0 Å². The predicted octanol–water partition coefficient (Wildman–Crippen LogP) is 2.98. The number of fused-ring (bicyclic) bond motifs is 1. The van der Waals surface area contributed by atoms with Crippen molar-refractivity contribution < 1.29 is 4.74 Å². The van der Waals surface area contributed by atoms with Gasteiger partial charge in [-0.1, -0.05) is 13.0 Å². The van der Waals surface area contributed by atoms with Gasteiger partial charge in [0.15, 0.2) is 0 Å². The fourth-order valence-corrected chi connectivity index (χ4v) is 2.26. The Balaban J connectivity index is 2.36. The Morgan fingerprint density at radius 3 is 2.78 bits per heavy atom. The Hall–Kier alpha value is -1.48. The summed E-state index contributed by atoms with van der Waals surface area (Å²) in [5.41, 5.74) is 3.80. The number of rotatable bonds is 5. The van der Waals surface area contributed by atoms with Crippen LogP contribution in [0.1, 0.15) is 18.1 Å². The van der Waals surface area contributed by atoms with Gasteiger partial charge in [0.2, 0.25) is 0 Å². The van der Waals surface area contributed by atoms with Crippen molar-refractivity contribution in [1.29, 1.82) is 0 Å². The van der Waals surface area contributed by atoms with E-state index >= 15 is 0 Å². The molecule has 0 radical (unpaired) electrons. The van der Waals surface area contributed by atoms with Crippen molar-refractivity contribution in [2.45, 2.75) is 20.3 Å². The molecule has 1 aromatic carbocycles. The average molecular weight is 246 g/mol. The minimum Gasteiger partial charge on any atom is -0.496 e. The second-order valence-electron chi connectivity index (χ2n) is 4.79. The van der Waals surface area contributed by atoms with E-state index in [1.807, 2.05) is 0 Å². The number of hydrogen-bond donors (Lipinski definition) is 1. The molecule has 0 atom stereocenters. The summed E-state index contributed by atoms with van der Waals surface area (Å²) < 4.78 is 5.48. The van der Waals surface area contributed by atoms with Gasteiger partial charge < -0.3 is 14.6 Å². The number of aromatic nitrogens is 1. The molecular formula is C15H22N2O. The van der Waals surface area contributed by atoms with E-state index in [2.05, 4.69) is 49.1 Å². The predicted molar refractivity (Wildman–Crippen MR) is 76.5 cm³/mol. The van der Waals surface area contributed by atoms with Crippen LogP contribution in [0.5, 0.6) is 5.75 Å². The van der Waals surface area contributed by atoms with E-state index < -0.39 is 0 Å². The van der Waals surface area contributed by atoms with E-state index in [1.165, 1.54) is 22.0 Å². The van der Waals surface area contributed by atoms with Crippen LogP contribution in [0.25, 0.3) is 10.9 Å². The van der Waals surface area contributed by atoms with Gasteiger partial charge in [0.1, 0.15) is 5.75 Å². The molecule has 0 fully saturated rings. The van der Waals surface area contributed by atoms with Gasteiger partial charge in [0.05, 0.1) is 12.6 Å². The molecule has 2 aromatic rings. The molecule has 3 heteroatoms. The van der Waals surface area contributed by atoms with Gasteiger partial charge in [0.25, 0.3) is 0 Å². The topological polar surface area (TPSA) is 28.3 Å². The number of hydrogen-bond acceptors (Lipinski definition) is 2. The number of H-pyrrole nitrogens is 1. The lowest BCUT2D eigenvalue weighted by molar-refractivity contribution is 0.358. The first-order valence-electron chi connectivity index (χ1n) is 6.49. The molecule has 0 unspecified atom stereocenters. The van der Waals surface area contributed by atoms with Gasteiger partial charge in [-0.25, -0.2) is 0 Å². The molecule has 0 aliphatic heterocycles. The Labute approximate surface area is 109 Å². The summed E-state index contributed by atoms with van der Waals surface area (Å²) >= 11 is 0. The highest BCUT2D eigenvalue weighted by atomic mass is 16.5. The SMILES string of the molecule is CCN(C)CCc1c[nH]c2c(C)ccc(OC)c12. The van der Waals surface area contributed by atoms with E-state index in [9.17, 15) is 0 Å². The van der Waals surface area contributed by atoms with Crippen molar-refractivity contribution in [2.75, 3.05) is 27.2 Å². The minimum absolute atomic E-state index is 0.964. The maximum absolute atomic E-state index is 5.48. The third-order valence-corrected chi connectivity index (χ3v) is 3.61. The van der Waals surface area contributed by atoms with Crippen molar-refractivity contribution in [3.05, 3.63) is 29.5 Å². The first-order chi connectivity index (χ1) is 8.67. The zero-order valence-electron chi connectivity index (χ0n) is 11.7. The number of aromatic amines is 1. The fraction of sp³-hybridized carbons (Fsp3) is 0.467. The van der Waals surface area contributed by atoms with Gasteiger partial charge in [-0.05, 0) is 44.1 Å². The Kier molecular flexibility index (Phi) is 3.92. The maximum Gasteiger partial charge on any atom is 0.128 e. The lowest BCUT2D eigenvalue weighted by Gasteiger charge is -2.13. The summed E-state index contributed by atoms with van der Waals surface area (Å²) in [4.78, 5) is 5.69. The van der Waals surface area contributed by atoms with E-state index in [0.717, 1.165) is 25.3 Å². The van der Waals surface area contributed by atoms with Crippen LogP contribution in [-0.4, -0.2) is 37.1 Å². The summed E-state index contributed by atoms with van der Waals surface area (Å²) in [7, 11) is 3.89. The van der Waals surface area contributed by atoms with Crippen LogP contribution in [0.2, 0.25) is 0 Å². The summed E-state index contributed by atoms with van der Waals surface area (Å²) in [5, 5.41) is 1.24. The maximum atomic E-state index is 5.48. The summed E-state index contributed by atoms with van der Waals surface area (Å²) in [6.07, 6.45) is 3.16. The highest BCUT2D eigenvalue weighted by Crippen LogP contribution is 2.31. The lowest BCUT2D eigenvalue weighted by atomic mass is 10.1. The van der Waals surface area contributed by atoms with Crippen LogP contribution in [0.4, 0.5) is 0 Å². The molecule has 0 aliphatic carbocycles. The first kappa shape index (κ1) is 13.0. The van der Waals surface area contributed by atoms with Crippen molar-refractivity contribution in [3.63, 3.8) is 0 Å². The Morgan fingerprint density at radius 2 is 2.11 bits per heavy atom. The zero-order valence-corrected chi connectivity index (χ0v) is 11.7. The summed E-state index contributed by atoms with van der Waals surface area (Å²) in [6, 6.07) is 4.15. The van der Waals surface area contributed by atoms with Crippen LogP contribution in [-0.2, 0) is 6.42 Å². The van der Waals surface area contributed by atoms with Crippen molar-refractivity contribution in [2.24, 2.45) is 0 Å². The number of nitrogens with zero attached hydrogens (tertiary/aromatic N) is 1. The Morgan fingerprint density at radius 1 is 1.33 bits per heavy atom. The average Bonchev–Trinajstić information content (AvgIpc) is 2.81. The number of aryl methyl sites for hydroxylation is 1. The molecule has 0 saturated heterocycles. The smallest absolute Gasteiger partial charge is 0.128 e. The monoisotopic (exact) mass is 246 g/mol. The number of likely N-dealkylation sites (N-methyl/N-ethyl adjacent to an activating group) is 1. The Bertz CT molecular complexity index is 531. The molecule has 3 nitrogen and oxygen atoms in total. The molecule has 0 spiro atoms. The first-order valence-corrected chi connectivity index (χ1v) is 6.49. The summed E-state index contributed by atoms with van der Waals surface area (Å²) in [5.74, 6) is 0.964. The molecule has 1 heterocycles.